The van der Waals surface area contributed by atoms with Crippen LogP contribution in [0.5, 0.6) is 5.75 Å². The van der Waals surface area contributed by atoms with Crippen LogP contribution in [0, 0.1) is 0 Å². The third kappa shape index (κ3) is 1.68. The first-order valence-electron chi connectivity index (χ1n) is 5.59. The van der Waals surface area contributed by atoms with Gasteiger partial charge in [0.05, 0.1) is 7.11 Å². The molecule has 3 rings (SSSR count). The van der Waals surface area contributed by atoms with Gasteiger partial charge in [-0.15, -0.1) is 0 Å². The minimum Gasteiger partial charge on any atom is -0.497 e. The molecule has 0 atom stereocenters. The van der Waals surface area contributed by atoms with Crippen LogP contribution in [0.3, 0.4) is 0 Å². The zero-order chi connectivity index (χ0) is 11.7. The maximum Gasteiger partial charge on any atom is 0.118 e. The molecule has 84 valence electrons. The van der Waals surface area contributed by atoms with E-state index in [9.17, 15) is 0 Å². The third-order valence-electron chi connectivity index (χ3n) is 3.00. The van der Waals surface area contributed by atoms with Crippen molar-refractivity contribution in [3.8, 4) is 16.9 Å². The molecule has 0 amide bonds. The van der Waals surface area contributed by atoms with Crippen molar-refractivity contribution >= 4 is 10.9 Å². The van der Waals surface area contributed by atoms with Gasteiger partial charge in [-0.1, -0.05) is 24.3 Å². The molecule has 2 nitrogen and oxygen atoms in total. The van der Waals surface area contributed by atoms with Crippen LogP contribution in [0.1, 0.15) is 0 Å². The van der Waals surface area contributed by atoms with Gasteiger partial charge >= 0.3 is 0 Å². The number of hydrogen-bond donors (Lipinski definition) is 1. The van der Waals surface area contributed by atoms with E-state index >= 15 is 0 Å². The first-order valence-corrected chi connectivity index (χ1v) is 5.59. The lowest BCUT2D eigenvalue weighted by molar-refractivity contribution is 0.415. The van der Waals surface area contributed by atoms with Crippen molar-refractivity contribution < 1.29 is 4.74 Å². The van der Waals surface area contributed by atoms with E-state index in [1.165, 1.54) is 22.0 Å². The van der Waals surface area contributed by atoms with Crippen LogP contribution in [0.25, 0.3) is 22.0 Å². The van der Waals surface area contributed by atoms with E-state index < -0.39 is 0 Å². The maximum absolute atomic E-state index is 5.17. The lowest BCUT2D eigenvalue weighted by atomic mass is 10.0. The van der Waals surface area contributed by atoms with Crippen molar-refractivity contribution in [2.45, 2.75) is 0 Å². The summed E-state index contributed by atoms with van der Waals surface area (Å²) in [6.07, 6.45) is 1.97. The van der Waals surface area contributed by atoms with E-state index in [-0.39, 0.29) is 0 Å². The van der Waals surface area contributed by atoms with E-state index in [1.807, 2.05) is 18.3 Å². The normalized spacial score (nSPS) is 10.6. The number of nitrogens with one attached hydrogen (secondary N) is 1. The molecule has 0 aliphatic heterocycles. The molecule has 0 bridgehead atoms. The maximum atomic E-state index is 5.17. The van der Waals surface area contributed by atoms with Crippen molar-refractivity contribution in [2.75, 3.05) is 7.11 Å². The van der Waals surface area contributed by atoms with Gasteiger partial charge in [0.25, 0.3) is 0 Å². The van der Waals surface area contributed by atoms with Crippen LogP contribution < -0.4 is 4.74 Å². The molecule has 0 aliphatic carbocycles. The molecule has 0 radical (unpaired) electrons. The standard InChI is InChI=1S/C15H13NO/c1-17-12-7-5-11(6-8-12)13-3-2-4-15-14(13)9-10-16-15/h2-10,16H,1H3. The van der Waals surface area contributed by atoms with E-state index in [0.717, 1.165) is 5.75 Å². The van der Waals surface area contributed by atoms with Gasteiger partial charge in [-0.2, -0.15) is 0 Å². The van der Waals surface area contributed by atoms with Crippen molar-refractivity contribution in [1.82, 2.24) is 4.98 Å². The van der Waals surface area contributed by atoms with E-state index in [4.69, 9.17) is 4.74 Å². The summed E-state index contributed by atoms with van der Waals surface area (Å²) in [6.45, 7) is 0. The first-order chi connectivity index (χ1) is 8.38. The first kappa shape index (κ1) is 9.97. The fourth-order valence-corrected chi connectivity index (χ4v) is 2.11. The Morgan fingerprint density at radius 3 is 2.53 bits per heavy atom. The minimum absolute atomic E-state index is 0.884. The molecule has 0 saturated heterocycles. The summed E-state index contributed by atoms with van der Waals surface area (Å²) >= 11 is 0. The largest absolute Gasteiger partial charge is 0.497 e. The lowest BCUT2D eigenvalue weighted by Gasteiger charge is -2.05. The summed E-state index contributed by atoms with van der Waals surface area (Å²) in [4.78, 5) is 3.23. The zero-order valence-electron chi connectivity index (χ0n) is 9.60. The quantitative estimate of drug-likeness (QED) is 0.701. The smallest absolute Gasteiger partial charge is 0.118 e. The number of ether oxygens (including phenoxy) is 1. The average Bonchev–Trinajstić information content (AvgIpc) is 2.87. The van der Waals surface area contributed by atoms with Gasteiger partial charge in [0.2, 0.25) is 0 Å². The van der Waals surface area contributed by atoms with Gasteiger partial charge in [0.15, 0.2) is 0 Å². The van der Waals surface area contributed by atoms with Crippen LogP contribution in [0.2, 0.25) is 0 Å². The van der Waals surface area contributed by atoms with Crippen LogP contribution in [0.4, 0.5) is 0 Å². The number of rotatable bonds is 2. The highest BCUT2D eigenvalue weighted by molar-refractivity contribution is 5.95. The SMILES string of the molecule is COc1ccc(-c2cccc3[nH]ccc23)cc1. The van der Waals surface area contributed by atoms with Gasteiger partial charge in [0, 0.05) is 17.1 Å². The Bertz CT molecular complexity index is 637. The Hall–Kier alpha value is -2.22. The second-order valence-corrected chi connectivity index (χ2v) is 3.97. The molecule has 1 heterocycles. The van der Waals surface area contributed by atoms with Crippen molar-refractivity contribution in [1.29, 1.82) is 0 Å². The monoisotopic (exact) mass is 223 g/mol. The number of hydrogen-bond acceptors (Lipinski definition) is 1. The molecule has 1 aromatic heterocycles. The molecule has 0 fully saturated rings. The minimum atomic E-state index is 0.884. The molecular formula is C15H13NO. The zero-order valence-corrected chi connectivity index (χ0v) is 9.60. The summed E-state index contributed by atoms with van der Waals surface area (Å²) in [6, 6.07) is 16.5. The van der Waals surface area contributed by atoms with Gasteiger partial charge < -0.3 is 9.72 Å². The number of fused-ring (bicyclic) bond motifs is 1. The molecule has 17 heavy (non-hydrogen) atoms. The number of aromatic nitrogens is 1. The van der Waals surface area contributed by atoms with Gasteiger partial charge in [0.1, 0.15) is 5.75 Å². The van der Waals surface area contributed by atoms with E-state index in [2.05, 4.69) is 41.4 Å². The molecule has 1 N–H and O–H groups in total. The topological polar surface area (TPSA) is 25.0 Å². The molecule has 0 unspecified atom stereocenters. The Kier molecular flexibility index (Phi) is 2.33. The van der Waals surface area contributed by atoms with Crippen molar-refractivity contribution in [3.63, 3.8) is 0 Å². The Morgan fingerprint density at radius 2 is 1.76 bits per heavy atom. The second-order valence-electron chi connectivity index (χ2n) is 3.97. The predicted octanol–water partition coefficient (Wildman–Crippen LogP) is 3.84. The van der Waals surface area contributed by atoms with Crippen LogP contribution in [0.15, 0.2) is 54.7 Å². The Morgan fingerprint density at radius 1 is 0.941 bits per heavy atom. The molecule has 0 aliphatic rings. The van der Waals surface area contributed by atoms with Gasteiger partial charge in [-0.3, -0.25) is 0 Å². The summed E-state index contributed by atoms with van der Waals surface area (Å²) in [5.41, 5.74) is 3.61. The van der Waals surface area contributed by atoms with Gasteiger partial charge in [-0.25, -0.2) is 0 Å². The molecule has 2 aromatic carbocycles. The molecular weight excluding hydrogens is 210 g/mol. The Balaban J connectivity index is 2.16. The van der Waals surface area contributed by atoms with Crippen LogP contribution >= 0.6 is 0 Å². The summed E-state index contributed by atoms with van der Waals surface area (Å²) < 4.78 is 5.17. The highest BCUT2D eigenvalue weighted by Gasteiger charge is 2.03. The molecule has 2 heteroatoms. The molecule has 3 aromatic rings. The molecule has 0 saturated carbocycles. The third-order valence-corrected chi connectivity index (χ3v) is 3.00. The van der Waals surface area contributed by atoms with Crippen molar-refractivity contribution in [3.05, 3.63) is 54.7 Å². The second kappa shape index (κ2) is 3.98. The molecule has 0 spiro atoms. The lowest BCUT2D eigenvalue weighted by Crippen LogP contribution is -1.83. The number of aromatic amines is 1. The number of H-pyrrole nitrogens is 1. The fourth-order valence-electron chi connectivity index (χ4n) is 2.11. The van der Waals surface area contributed by atoms with Crippen LogP contribution in [-0.2, 0) is 0 Å². The fraction of sp³-hybridized carbons (Fsp3) is 0.0667. The van der Waals surface area contributed by atoms with Crippen molar-refractivity contribution in [2.24, 2.45) is 0 Å². The predicted molar refractivity (Wildman–Crippen MR) is 70.3 cm³/mol. The number of methoxy groups -OCH3 is 1. The number of benzene rings is 2. The van der Waals surface area contributed by atoms with E-state index in [1.54, 1.807) is 7.11 Å². The highest BCUT2D eigenvalue weighted by Crippen LogP contribution is 2.29. The van der Waals surface area contributed by atoms with Crippen LogP contribution in [-0.4, -0.2) is 12.1 Å². The summed E-state index contributed by atoms with van der Waals surface area (Å²) in [5.74, 6) is 0.884. The average molecular weight is 223 g/mol. The Labute approximate surface area is 99.9 Å². The summed E-state index contributed by atoms with van der Waals surface area (Å²) in [5, 5.41) is 1.25. The van der Waals surface area contributed by atoms with Gasteiger partial charge in [-0.05, 0) is 35.4 Å². The highest BCUT2D eigenvalue weighted by atomic mass is 16.5. The van der Waals surface area contributed by atoms with E-state index in [0.29, 0.717) is 0 Å². The summed E-state index contributed by atoms with van der Waals surface area (Å²) in [7, 11) is 1.68.